The molecule has 1 heterocycles. The van der Waals surface area contributed by atoms with Crippen LogP contribution in [0.1, 0.15) is 38.5 Å². The molecule has 104 valence electrons. The molecular weight excluding hydrogens is 232 g/mol. The average molecular weight is 256 g/mol. The number of aliphatic hydroxyl groups excluding tert-OH is 1. The summed E-state index contributed by atoms with van der Waals surface area (Å²) in [5, 5.41) is 15.3. The first-order valence-corrected chi connectivity index (χ1v) is 6.99. The van der Waals surface area contributed by atoms with E-state index in [0.717, 1.165) is 6.54 Å². The Labute approximate surface area is 108 Å². The number of carbonyl (C=O) groups is 1. The lowest BCUT2D eigenvalue weighted by Crippen LogP contribution is -2.57. The predicted molar refractivity (Wildman–Crippen MR) is 68.4 cm³/mol. The molecule has 5 heteroatoms. The van der Waals surface area contributed by atoms with Crippen molar-refractivity contribution in [2.45, 2.75) is 44.1 Å². The molecule has 2 aliphatic rings. The number of aliphatic hydroxyl groups is 1. The molecule has 0 spiro atoms. The summed E-state index contributed by atoms with van der Waals surface area (Å²) in [6, 6.07) is -0.155. The molecule has 5 nitrogen and oxygen atoms in total. The van der Waals surface area contributed by atoms with Crippen LogP contribution in [0.25, 0.3) is 0 Å². The van der Waals surface area contributed by atoms with Crippen molar-refractivity contribution >= 4 is 6.03 Å². The highest BCUT2D eigenvalue weighted by molar-refractivity contribution is 5.74. The van der Waals surface area contributed by atoms with Gasteiger partial charge >= 0.3 is 6.03 Å². The van der Waals surface area contributed by atoms with Crippen LogP contribution in [0.3, 0.4) is 0 Å². The van der Waals surface area contributed by atoms with E-state index in [1.165, 1.54) is 25.7 Å². The van der Waals surface area contributed by atoms with Crippen LogP contribution in [0.2, 0.25) is 0 Å². The highest BCUT2D eigenvalue weighted by Gasteiger charge is 2.33. The molecule has 1 saturated heterocycles. The number of hydrogen-bond donors (Lipinski definition) is 3. The molecule has 0 aromatic carbocycles. The maximum absolute atomic E-state index is 11.9. The van der Waals surface area contributed by atoms with E-state index in [1.807, 2.05) is 0 Å². The number of amides is 2. The summed E-state index contributed by atoms with van der Waals surface area (Å²) in [4.78, 5) is 11.9. The predicted octanol–water partition coefficient (Wildman–Crippen LogP) is 1.02. The first-order valence-electron chi connectivity index (χ1n) is 6.99. The third kappa shape index (κ3) is 3.59. The Balaban J connectivity index is 1.74. The van der Waals surface area contributed by atoms with Gasteiger partial charge in [0.15, 0.2) is 0 Å². The van der Waals surface area contributed by atoms with Gasteiger partial charge in [-0.25, -0.2) is 4.79 Å². The lowest BCUT2D eigenvalue weighted by Gasteiger charge is -2.36. The van der Waals surface area contributed by atoms with Crippen molar-refractivity contribution in [3.8, 4) is 0 Å². The fraction of sp³-hybridized carbons (Fsp3) is 0.923. The van der Waals surface area contributed by atoms with E-state index in [4.69, 9.17) is 4.74 Å². The SMILES string of the molecule is O=C(NCC1CCCC1)NC1(CO)CCOCC1. The number of hydrogen-bond acceptors (Lipinski definition) is 3. The topological polar surface area (TPSA) is 70.6 Å². The van der Waals surface area contributed by atoms with Crippen molar-refractivity contribution < 1.29 is 14.6 Å². The molecule has 1 aliphatic heterocycles. The zero-order valence-corrected chi connectivity index (χ0v) is 10.9. The second-order valence-corrected chi connectivity index (χ2v) is 5.54. The first-order chi connectivity index (χ1) is 8.74. The molecule has 0 aromatic heterocycles. The van der Waals surface area contributed by atoms with Crippen molar-refractivity contribution in [3.63, 3.8) is 0 Å². The minimum absolute atomic E-state index is 0.0206. The van der Waals surface area contributed by atoms with Crippen molar-refractivity contribution in [2.24, 2.45) is 5.92 Å². The zero-order chi connectivity index (χ0) is 12.8. The largest absolute Gasteiger partial charge is 0.394 e. The Morgan fingerprint density at radius 3 is 2.56 bits per heavy atom. The second kappa shape index (κ2) is 6.38. The van der Waals surface area contributed by atoms with Gasteiger partial charge in [-0.3, -0.25) is 0 Å². The fourth-order valence-electron chi connectivity index (χ4n) is 2.82. The van der Waals surface area contributed by atoms with Crippen LogP contribution in [-0.2, 0) is 4.74 Å². The highest BCUT2D eigenvalue weighted by atomic mass is 16.5. The van der Waals surface area contributed by atoms with E-state index in [1.54, 1.807) is 0 Å². The maximum atomic E-state index is 11.9. The van der Waals surface area contributed by atoms with Gasteiger partial charge in [-0.05, 0) is 31.6 Å². The van der Waals surface area contributed by atoms with Crippen LogP contribution in [0.15, 0.2) is 0 Å². The number of urea groups is 1. The van der Waals surface area contributed by atoms with Crippen molar-refractivity contribution in [1.82, 2.24) is 10.6 Å². The van der Waals surface area contributed by atoms with Crippen molar-refractivity contribution in [1.29, 1.82) is 0 Å². The molecule has 18 heavy (non-hydrogen) atoms. The summed E-state index contributed by atoms with van der Waals surface area (Å²) >= 11 is 0. The quantitative estimate of drug-likeness (QED) is 0.703. The normalized spacial score (nSPS) is 23.8. The van der Waals surface area contributed by atoms with E-state index < -0.39 is 5.54 Å². The number of nitrogens with one attached hydrogen (secondary N) is 2. The van der Waals surface area contributed by atoms with Gasteiger partial charge in [0.1, 0.15) is 0 Å². The summed E-state index contributed by atoms with van der Waals surface area (Å²) in [5.74, 6) is 0.635. The van der Waals surface area contributed by atoms with Gasteiger partial charge in [-0.2, -0.15) is 0 Å². The Bertz CT molecular complexity index is 271. The van der Waals surface area contributed by atoms with Crippen LogP contribution in [0.4, 0.5) is 4.79 Å². The van der Waals surface area contributed by atoms with E-state index in [2.05, 4.69) is 10.6 Å². The second-order valence-electron chi connectivity index (χ2n) is 5.54. The van der Waals surface area contributed by atoms with Gasteiger partial charge in [0.25, 0.3) is 0 Å². The third-order valence-electron chi connectivity index (χ3n) is 4.16. The molecule has 0 bridgehead atoms. The van der Waals surface area contributed by atoms with Crippen molar-refractivity contribution in [3.05, 3.63) is 0 Å². The van der Waals surface area contributed by atoms with Gasteiger partial charge in [0, 0.05) is 19.8 Å². The van der Waals surface area contributed by atoms with E-state index in [0.29, 0.717) is 32.0 Å². The molecule has 0 unspecified atom stereocenters. The molecule has 3 N–H and O–H groups in total. The maximum Gasteiger partial charge on any atom is 0.315 e. The Hall–Kier alpha value is -0.810. The third-order valence-corrected chi connectivity index (χ3v) is 4.16. The van der Waals surface area contributed by atoms with E-state index in [9.17, 15) is 9.90 Å². The molecule has 1 aliphatic carbocycles. The molecular formula is C13H24N2O3. The van der Waals surface area contributed by atoms with Crippen LogP contribution in [-0.4, -0.2) is 43.0 Å². The first kappa shape index (κ1) is 13.6. The van der Waals surface area contributed by atoms with Gasteiger partial charge in [0.05, 0.1) is 12.1 Å². The summed E-state index contributed by atoms with van der Waals surface area (Å²) in [5.41, 5.74) is -0.488. The van der Waals surface area contributed by atoms with Gasteiger partial charge in [-0.15, -0.1) is 0 Å². The van der Waals surface area contributed by atoms with Crippen molar-refractivity contribution in [2.75, 3.05) is 26.4 Å². The monoisotopic (exact) mass is 256 g/mol. The molecule has 2 amide bonds. The molecule has 0 radical (unpaired) electrons. The number of ether oxygens (including phenoxy) is 1. The average Bonchev–Trinajstić information content (AvgIpc) is 2.91. The molecule has 0 aromatic rings. The van der Waals surface area contributed by atoms with Crippen LogP contribution in [0.5, 0.6) is 0 Å². The highest BCUT2D eigenvalue weighted by Crippen LogP contribution is 2.24. The minimum atomic E-state index is -0.488. The van der Waals surface area contributed by atoms with E-state index in [-0.39, 0.29) is 12.6 Å². The Morgan fingerprint density at radius 2 is 1.94 bits per heavy atom. The van der Waals surface area contributed by atoms with E-state index >= 15 is 0 Å². The Kier molecular flexibility index (Phi) is 4.83. The van der Waals surface area contributed by atoms with Gasteiger partial charge in [0.2, 0.25) is 0 Å². The fourth-order valence-corrected chi connectivity index (χ4v) is 2.82. The summed E-state index contributed by atoms with van der Waals surface area (Å²) in [6.07, 6.45) is 6.37. The minimum Gasteiger partial charge on any atom is -0.394 e. The summed E-state index contributed by atoms with van der Waals surface area (Å²) < 4.78 is 5.27. The molecule has 0 atom stereocenters. The molecule has 2 fully saturated rings. The Morgan fingerprint density at radius 1 is 1.28 bits per heavy atom. The van der Waals surface area contributed by atoms with Crippen LogP contribution >= 0.6 is 0 Å². The van der Waals surface area contributed by atoms with Gasteiger partial charge < -0.3 is 20.5 Å². The summed E-state index contributed by atoms with van der Waals surface area (Å²) in [7, 11) is 0. The zero-order valence-electron chi connectivity index (χ0n) is 10.9. The van der Waals surface area contributed by atoms with Crippen LogP contribution < -0.4 is 10.6 Å². The van der Waals surface area contributed by atoms with Gasteiger partial charge in [-0.1, -0.05) is 12.8 Å². The smallest absolute Gasteiger partial charge is 0.315 e. The molecule has 1 saturated carbocycles. The lowest BCUT2D eigenvalue weighted by molar-refractivity contribution is 0.0171. The summed E-state index contributed by atoms with van der Waals surface area (Å²) in [6.45, 7) is 1.93. The van der Waals surface area contributed by atoms with Crippen LogP contribution in [0, 0.1) is 5.92 Å². The lowest BCUT2D eigenvalue weighted by atomic mass is 9.91. The number of rotatable bonds is 4. The standard InChI is InChI=1S/C13H24N2O3/c16-10-13(5-7-18-8-6-13)15-12(17)14-9-11-3-1-2-4-11/h11,16H,1-10H2,(H2,14,15,17). The molecule has 2 rings (SSSR count). The number of carbonyl (C=O) groups excluding carboxylic acids is 1.